The summed E-state index contributed by atoms with van der Waals surface area (Å²) in [6.45, 7) is 3.06. The normalized spacial score (nSPS) is 15.7. The molecular weight excluding hydrogens is 222 g/mol. The number of anilines is 1. The number of nitrogens with zero attached hydrogens (tertiary/aromatic N) is 3. The average Bonchev–Trinajstić information content (AvgIpc) is 2.39. The molecule has 0 spiro atoms. The zero-order valence-electron chi connectivity index (χ0n) is 9.63. The molecule has 0 aliphatic carbocycles. The van der Waals surface area contributed by atoms with Crippen molar-refractivity contribution in [3.63, 3.8) is 0 Å². The molecule has 0 bridgehead atoms. The molecule has 0 atom stereocenters. The third kappa shape index (κ3) is 2.47. The zero-order valence-corrected chi connectivity index (χ0v) is 9.63. The van der Waals surface area contributed by atoms with Gasteiger partial charge in [0.05, 0.1) is 17.7 Å². The number of nitro benzene ring substituents is 1. The molecule has 1 aliphatic heterocycles. The van der Waals surface area contributed by atoms with Gasteiger partial charge in [0.15, 0.2) is 0 Å². The van der Waals surface area contributed by atoms with Crippen molar-refractivity contribution in [2.24, 2.45) is 0 Å². The zero-order chi connectivity index (χ0) is 12.3. The van der Waals surface area contributed by atoms with Gasteiger partial charge >= 0.3 is 0 Å². The molecule has 6 nitrogen and oxygen atoms in total. The van der Waals surface area contributed by atoms with Crippen molar-refractivity contribution in [3.05, 3.63) is 28.3 Å². The second-order valence-corrected chi connectivity index (χ2v) is 3.77. The number of hydrogen-bond acceptors (Lipinski definition) is 4. The van der Waals surface area contributed by atoms with Crippen LogP contribution in [-0.4, -0.2) is 38.2 Å². The van der Waals surface area contributed by atoms with Gasteiger partial charge in [0.25, 0.3) is 5.69 Å². The molecule has 0 unspecified atom stereocenters. The molecule has 1 fully saturated rings. The molecule has 1 saturated heterocycles. The average molecular weight is 236 g/mol. The third-order valence-electron chi connectivity index (χ3n) is 2.77. The molecule has 0 aromatic heterocycles. The Kier molecular flexibility index (Phi) is 3.43. The first-order valence-corrected chi connectivity index (χ1v) is 5.43. The molecule has 1 aliphatic rings. The fourth-order valence-corrected chi connectivity index (χ4v) is 1.89. The fourth-order valence-electron chi connectivity index (χ4n) is 1.89. The Balaban J connectivity index is 2.34. The Morgan fingerprint density at radius 2 is 2.12 bits per heavy atom. The molecular formula is C11H14N3O3. The lowest BCUT2D eigenvalue weighted by molar-refractivity contribution is -0.384. The van der Waals surface area contributed by atoms with Gasteiger partial charge in [-0.25, -0.2) is 5.32 Å². The van der Waals surface area contributed by atoms with E-state index in [-0.39, 0.29) is 5.69 Å². The van der Waals surface area contributed by atoms with Crippen LogP contribution in [0.4, 0.5) is 11.4 Å². The molecule has 1 aromatic carbocycles. The van der Waals surface area contributed by atoms with E-state index in [0.29, 0.717) is 5.75 Å². The summed E-state index contributed by atoms with van der Waals surface area (Å²) in [5, 5.41) is 15.0. The van der Waals surface area contributed by atoms with Gasteiger partial charge in [0.1, 0.15) is 5.75 Å². The van der Waals surface area contributed by atoms with E-state index in [1.165, 1.54) is 6.07 Å². The first-order chi connectivity index (χ1) is 8.22. The molecule has 1 aromatic rings. The van der Waals surface area contributed by atoms with Gasteiger partial charge in [-0.3, -0.25) is 10.1 Å². The maximum atomic E-state index is 10.8. The topological polar surface area (TPSA) is 69.7 Å². The summed E-state index contributed by atoms with van der Waals surface area (Å²) in [6, 6.07) is 4.65. The van der Waals surface area contributed by atoms with E-state index >= 15 is 0 Å². The molecule has 17 heavy (non-hydrogen) atoms. The van der Waals surface area contributed by atoms with Gasteiger partial charge in [-0.1, -0.05) is 0 Å². The smallest absolute Gasteiger partial charge is 0.271 e. The predicted octanol–water partition coefficient (Wildman–Crippen LogP) is 1.03. The van der Waals surface area contributed by atoms with Gasteiger partial charge in [-0.05, 0) is 6.07 Å². The van der Waals surface area contributed by atoms with Crippen LogP contribution >= 0.6 is 0 Å². The van der Waals surface area contributed by atoms with Crippen molar-refractivity contribution in [1.82, 2.24) is 5.32 Å². The number of nitro groups is 1. The summed E-state index contributed by atoms with van der Waals surface area (Å²) in [7, 11) is 1.57. The van der Waals surface area contributed by atoms with Crippen LogP contribution in [0.2, 0.25) is 0 Å². The van der Waals surface area contributed by atoms with Crippen molar-refractivity contribution >= 4 is 11.4 Å². The van der Waals surface area contributed by atoms with Gasteiger partial charge in [0, 0.05) is 38.3 Å². The van der Waals surface area contributed by atoms with Gasteiger partial charge < -0.3 is 9.64 Å². The Bertz CT molecular complexity index is 416. The Morgan fingerprint density at radius 3 is 2.71 bits per heavy atom. The lowest BCUT2D eigenvalue weighted by Crippen LogP contribution is -2.40. The largest absolute Gasteiger partial charge is 0.495 e. The number of rotatable bonds is 3. The highest BCUT2D eigenvalue weighted by molar-refractivity contribution is 5.63. The van der Waals surface area contributed by atoms with E-state index < -0.39 is 4.92 Å². The van der Waals surface area contributed by atoms with Crippen molar-refractivity contribution < 1.29 is 9.66 Å². The van der Waals surface area contributed by atoms with Crippen LogP contribution < -0.4 is 15.0 Å². The maximum Gasteiger partial charge on any atom is 0.271 e. The summed E-state index contributed by atoms with van der Waals surface area (Å²) < 4.78 is 5.24. The SMILES string of the molecule is COc1ccc([N+](=O)[O-])cc1N1CC[N]CC1. The number of hydrogen-bond donors (Lipinski definition) is 0. The first kappa shape index (κ1) is 11.7. The van der Waals surface area contributed by atoms with Crippen LogP contribution in [0, 0.1) is 10.1 Å². The monoisotopic (exact) mass is 236 g/mol. The molecule has 1 heterocycles. The molecule has 2 rings (SSSR count). The fraction of sp³-hybridized carbons (Fsp3) is 0.455. The van der Waals surface area contributed by atoms with Crippen LogP contribution in [0.15, 0.2) is 18.2 Å². The second-order valence-electron chi connectivity index (χ2n) is 3.77. The van der Waals surface area contributed by atoms with Crippen molar-refractivity contribution in [1.29, 1.82) is 0 Å². The van der Waals surface area contributed by atoms with E-state index in [4.69, 9.17) is 4.74 Å². The molecule has 91 valence electrons. The lowest BCUT2D eigenvalue weighted by atomic mass is 10.2. The Morgan fingerprint density at radius 1 is 1.41 bits per heavy atom. The molecule has 0 saturated carbocycles. The van der Waals surface area contributed by atoms with Crippen LogP contribution in [0.25, 0.3) is 0 Å². The Hall–Kier alpha value is -1.82. The van der Waals surface area contributed by atoms with Gasteiger partial charge in [0.2, 0.25) is 0 Å². The minimum absolute atomic E-state index is 0.0864. The summed E-state index contributed by atoms with van der Waals surface area (Å²) >= 11 is 0. The van der Waals surface area contributed by atoms with Crippen molar-refractivity contribution in [2.75, 3.05) is 38.2 Å². The molecule has 6 heteroatoms. The Labute approximate surface area is 99.3 Å². The van der Waals surface area contributed by atoms with Crippen LogP contribution in [-0.2, 0) is 0 Å². The molecule has 1 radical (unpaired) electrons. The molecule has 0 N–H and O–H groups in total. The van der Waals surface area contributed by atoms with E-state index in [1.807, 2.05) is 0 Å². The number of piperazine rings is 1. The van der Waals surface area contributed by atoms with E-state index in [1.54, 1.807) is 19.2 Å². The van der Waals surface area contributed by atoms with Crippen LogP contribution in [0.3, 0.4) is 0 Å². The summed E-state index contributed by atoms with van der Waals surface area (Å²) in [6.07, 6.45) is 0. The predicted molar refractivity (Wildman–Crippen MR) is 63.7 cm³/mol. The van der Waals surface area contributed by atoms with Crippen LogP contribution in [0.5, 0.6) is 5.75 Å². The van der Waals surface area contributed by atoms with Crippen molar-refractivity contribution in [3.8, 4) is 5.75 Å². The standard InChI is InChI=1S/C11H14N3O3/c1-17-11-3-2-9(14(15)16)8-10(11)13-6-4-12-5-7-13/h2-3,8H,4-7H2,1H3. The minimum atomic E-state index is -0.392. The maximum absolute atomic E-state index is 10.8. The van der Waals surface area contributed by atoms with E-state index in [2.05, 4.69) is 10.2 Å². The number of methoxy groups -OCH3 is 1. The highest BCUT2D eigenvalue weighted by atomic mass is 16.6. The third-order valence-corrected chi connectivity index (χ3v) is 2.77. The summed E-state index contributed by atoms with van der Waals surface area (Å²) in [4.78, 5) is 12.4. The minimum Gasteiger partial charge on any atom is -0.495 e. The molecule has 0 amide bonds. The van der Waals surface area contributed by atoms with E-state index in [9.17, 15) is 10.1 Å². The van der Waals surface area contributed by atoms with Crippen molar-refractivity contribution in [2.45, 2.75) is 0 Å². The number of ether oxygens (including phenoxy) is 1. The first-order valence-electron chi connectivity index (χ1n) is 5.43. The van der Waals surface area contributed by atoms with Crippen LogP contribution in [0.1, 0.15) is 0 Å². The van der Waals surface area contributed by atoms with E-state index in [0.717, 1.165) is 31.9 Å². The summed E-state index contributed by atoms with van der Waals surface area (Å²) in [5.74, 6) is 0.664. The number of benzene rings is 1. The highest BCUT2D eigenvalue weighted by Crippen LogP contribution is 2.32. The summed E-state index contributed by atoms with van der Waals surface area (Å²) in [5.41, 5.74) is 0.861. The number of non-ortho nitro benzene ring substituents is 1. The lowest BCUT2D eigenvalue weighted by Gasteiger charge is -2.29. The highest BCUT2D eigenvalue weighted by Gasteiger charge is 2.18. The second kappa shape index (κ2) is 5.01. The van der Waals surface area contributed by atoms with Gasteiger partial charge in [-0.15, -0.1) is 0 Å². The quantitative estimate of drug-likeness (QED) is 0.580. The van der Waals surface area contributed by atoms with Gasteiger partial charge in [-0.2, -0.15) is 0 Å².